The maximum absolute atomic E-state index is 10.9. The molecule has 0 atom stereocenters. The molecule has 1 heterocycles. The van der Waals surface area contributed by atoms with Gasteiger partial charge in [-0.25, -0.2) is 9.67 Å². The Balaban J connectivity index is 2.11. The number of carbonyl (C=O) groups excluding carboxylic acids is 1. The Morgan fingerprint density at radius 3 is 2.92 bits per heavy atom. The minimum atomic E-state index is 0.213. The van der Waals surface area contributed by atoms with Gasteiger partial charge in [-0.2, -0.15) is 5.10 Å². The molecule has 0 radical (unpaired) electrons. The molecular formula is C8H9N3OS. The lowest BCUT2D eigenvalue weighted by atomic mass is 10.3. The first kappa shape index (κ1) is 8.50. The van der Waals surface area contributed by atoms with Crippen molar-refractivity contribution in [3.05, 3.63) is 17.3 Å². The zero-order valence-corrected chi connectivity index (χ0v) is 8.04. The average molecular weight is 195 g/mol. The van der Waals surface area contributed by atoms with Gasteiger partial charge in [0.1, 0.15) is 6.33 Å². The van der Waals surface area contributed by atoms with Crippen LogP contribution in [0.1, 0.15) is 12.8 Å². The first-order valence-electron chi connectivity index (χ1n) is 4.01. The van der Waals surface area contributed by atoms with Crippen LogP contribution in [0.25, 0.3) is 0 Å². The summed E-state index contributed by atoms with van der Waals surface area (Å²) >= 11 is 1.52. The molecule has 1 aromatic heterocycles. The van der Waals surface area contributed by atoms with Crippen LogP contribution in [-0.2, 0) is 11.8 Å². The van der Waals surface area contributed by atoms with E-state index < -0.39 is 0 Å². The highest BCUT2D eigenvalue weighted by molar-refractivity contribution is 8.03. The van der Waals surface area contributed by atoms with Crippen molar-refractivity contribution < 1.29 is 4.79 Å². The Morgan fingerprint density at radius 2 is 2.38 bits per heavy atom. The van der Waals surface area contributed by atoms with Gasteiger partial charge in [-0.15, -0.1) is 0 Å². The second-order valence-electron chi connectivity index (χ2n) is 2.85. The molecule has 4 nitrogen and oxygen atoms in total. The fourth-order valence-electron chi connectivity index (χ4n) is 1.15. The van der Waals surface area contributed by atoms with Crippen LogP contribution in [0, 0.1) is 0 Å². The molecule has 0 fully saturated rings. The van der Waals surface area contributed by atoms with Crippen LogP contribution in [0.4, 0.5) is 0 Å². The first-order chi connectivity index (χ1) is 6.25. The zero-order valence-electron chi connectivity index (χ0n) is 7.23. The Hall–Kier alpha value is -1.10. The molecule has 5 heteroatoms. The van der Waals surface area contributed by atoms with Crippen molar-refractivity contribution in [1.82, 2.24) is 14.8 Å². The van der Waals surface area contributed by atoms with E-state index in [9.17, 15) is 4.79 Å². The number of ketones is 1. The van der Waals surface area contributed by atoms with E-state index in [0.717, 1.165) is 16.5 Å². The van der Waals surface area contributed by atoms with Gasteiger partial charge in [0.2, 0.25) is 0 Å². The number of rotatable bonds is 2. The van der Waals surface area contributed by atoms with Crippen molar-refractivity contribution in [1.29, 1.82) is 0 Å². The molecule has 1 aliphatic rings. The normalized spacial score (nSPS) is 16.4. The molecule has 68 valence electrons. The summed E-state index contributed by atoms with van der Waals surface area (Å²) in [4.78, 5) is 16.1. The quantitative estimate of drug-likeness (QED) is 0.710. The summed E-state index contributed by atoms with van der Waals surface area (Å²) in [6, 6.07) is 0. The van der Waals surface area contributed by atoms with Crippen LogP contribution in [0.15, 0.2) is 22.5 Å². The number of hydrogen-bond donors (Lipinski definition) is 0. The van der Waals surface area contributed by atoms with Gasteiger partial charge >= 0.3 is 0 Å². The average Bonchev–Trinajstić information content (AvgIpc) is 2.64. The summed E-state index contributed by atoms with van der Waals surface area (Å²) < 4.78 is 1.70. The van der Waals surface area contributed by atoms with E-state index in [-0.39, 0.29) is 5.78 Å². The number of hydrogen-bond acceptors (Lipinski definition) is 4. The summed E-state index contributed by atoms with van der Waals surface area (Å²) in [6.07, 6.45) is 4.69. The van der Waals surface area contributed by atoms with Crippen molar-refractivity contribution in [2.45, 2.75) is 18.0 Å². The van der Waals surface area contributed by atoms with E-state index in [1.165, 1.54) is 18.1 Å². The smallest absolute Gasteiger partial charge is 0.190 e. The molecule has 0 bridgehead atoms. The molecule has 0 aliphatic heterocycles. The van der Waals surface area contributed by atoms with Crippen LogP contribution in [0.2, 0.25) is 0 Å². The highest BCUT2D eigenvalue weighted by Crippen LogP contribution is 2.31. The van der Waals surface area contributed by atoms with Gasteiger partial charge in [0.25, 0.3) is 0 Å². The van der Waals surface area contributed by atoms with E-state index in [1.54, 1.807) is 10.8 Å². The lowest BCUT2D eigenvalue weighted by Gasteiger charge is -1.98. The molecule has 1 aromatic rings. The summed E-state index contributed by atoms with van der Waals surface area (Å²) in [7, 11) is 1.84. The van der Waals surface area contributed by atoms with Crippen LogP contribution in [0.5, 0.6) is 0 Å². The molecular weight excluding hydrogens is 186 g/mol. The molecule has 0 saturated heterocycles. The van der Waals surface area contributed by atoms with Crippen molar-refractivity contribution in [3.8, 4) is 0 Å². The van der Waals surface area contributed by atoms with E-state index in [0.29, 0.717) is 6.42 Å². The highest BCUT2D eigenvalue weighted by atomic mass is 32.2. The third-order valence-electron chi connectivity index (χ3n) is 1.83. The molecule has 2 rings (SSSR count). The fraction of sp³-hybridized carbons (Fsp3) is 0.375. The van der Waals surface area contributed by atoms with Crippen molar-refractivity contribution in [3.63, 3.8) is 0 Å². The molecule has 0 N–H and O–H groups in total. The van der Waals surface area contributed by atoms with E-state index in [4.69, 9.17) is 0 Å². The number of thioether (sulfide) groups is 1. The Kier molecular flexibility index (Phi) is 2.18. The topological polar surface area (TPSA) is 47.8 Å². The number of nitrogens with zero attached hydrogens (tertiary/aromatic N) is 3. The number of allylic oxidation sites excluding steroid dienone is 2. The summed E-state index contributed by atoms with van der Waals surface area (Å²) in [5.41, 5.74) is 0. The van der Waals surface area contributed by atoms with Gasteiger partial charge in [0.15, 0.2) is 10.9 Å². The molecule has 0 spiro atoms. The number of aromatic nitrogens is 3. The highest BCUT2D eigenvalue weighted by Gasteiger charge is 2.14. The Morgan fingerprint density at radius 1 is 1.54 bits per heavy atom. The maximum Gasteiger partial charge on any atom is 0.190 e. The largest absolute Gasteiger partial charge is 0.295 e. The predicted molar refractivity (Wildman–Crippen MR) is 49.2 cm³/mol. The number of carbonyl (C=O) groups is 1. The number of aryl methyl sites for hydroxylation is 1. The Bertz CT molecular complexity index is 369. The van der Waals surface area contributed by atoms with Crippen LogP contribution in [0.3, 0.4) is 0 Å². The van der Waals surface area contributed by atoms with E-state index in [1.807, 2.05) is 7.05 Å². The zero-order chi connectivity index (χ0) is 9.26. The molecule has 1 aliphatic carbocycles. The molecule has 0 amide bonds. The third kappa shape index (κ3) is 1.80. The summed E-state index contributed by atoms with van der Waals surface area (Å²) in [5.74, 6) is 0.213. The van der Waals surface area contributed by atoms with Gasteiger partial charge < -0.3 is 0 Å². The molecule has 0 unspecified atom stereocenters. The van der Waals surface area contributed by atoms with Crippen molar-refractivity contribution in [2.75, 3.05) is 0 Å². The fourth-order valence-corrected chi connectivity index (χ4v) is 2.05. The minimum Gasteiger partial charge on any atom is -0.295 e. The second-order valence-corrected chi connectivity index (χ2v) is 3.94. The van der Waals surface area contributed by atoms with Gasteiger partial charge in [-0.3, -0.25) is 4.79 Å². The first-order valence-corrected chi connectivity index (χ1v) is 4.82. The van der Waals surface area contributed by atoms with Crippen LogP contribution >= 0.6 is 11.8 Å². The van der Waals surface area contributed by atoms with Crippen molar-refractivity contribution >= 4 is 17.5 Å². The lowest BCUT2D eigenvalue weighted by molar-refractivity contribution is -0.114. The lowest BCUT2D eigenvalue weighted by Crippen LogP contribution is -1.92. The minimum absolute atomic E-state index is 0.213. The molecule has 13 heavy (non-hydrogen) atoms. The SMILES string of the molecule is Cn1ncnc1SC1=CC(=O)CC1. The molecule has 0 saturated carbocycles. The predicted octanol–water partition coefficient (Wildman–Crippen LogP) is 1.15. The maximum atomic E-state index is 10.9. The van der Waals surface area contributed by atoms with E-state index in [2.05, 4.69) is 10.1 Å². The molecule has 0 aromatic carbocycles. The van der Waals surface area contributed by atoms with Gasteiger partial charge in [0, 0.05) is 13.5 Å². The van der Waals surface area contributed by atoms with Gasteiger partial charge in [-0.05, 0) is 17.4 Å². The van der Waals surface area contributed by atoms with Crippen molar-refractivity contribution in [2.24, 2.45) is 7.05 Å². The standard InChI is InChI=1S/C8H9N3OS/c1-11-8(9-5-10-11)13-7-3-2-6(12)4-7/h4-5H,2-3H2,1H3. The van der Waals surface area contributed by atoms with Gasteiger partial charge in [-0.1, -0.05) is 11.8 Å². The monoisotopic (exact) mass is 195 g/mol. The summed E-state index contributed by atoms with van der Waals surface area (Å²) in [5, 5.41) is 4.78. The van der Waals surface area contributed by atoms with Gasteiger partial charge in [0.05, 0.1) is 0 Å². The van der Waals surface area contributed by atoms with Crippen LogP contribution < -0.4 is 0 Å². The third-order valence-corrected chi connectivity index (χ3v) is 2.97. The van der Waals surface area contributed by atoms with Crippen LogP contribution in [-0.4, -0.2) is 20.5 Å². The second kappa shape index (κ2) is 3.33. The Labute approximate surface area is 80.0 Å². The summed E-state index contributed by atoms with van der Waals surface area (Å²) in [6.45, 7) is 0. The van der Waals surface area contributed by atoms with E-state index >= 15 is 0 Å².